The second-order valence-corrected chi connectivity index (χ2v) is 4.22. The minimum Gasteiger partial charge on any atom is -0.364 e. The van der Waals surface area contributed by atoms with Crippen molar-refractivity contribution >= 4 is 5.91 Å². The molecule has 1 aromatic heterocycles. The van der Waals surface area contributed by atoms with Crippen molar-refractivity contribution in [1.82, 2.24) is 15.0 Å². The van der Waals surface area contributed by atoms with Gasteiger partial charge >= 0.3 is 0 Å². The lowest BCUT2D eigenvalue weighted by atomic mass is 9.95. The van der Waals surface area contributed by atoms with Gasteiger partial charge in [-0.05, 0) is 12.8 Å². The Labute approximate surface area is 97.0 Å². The first kappa shape index (κ1) is 11.9. The number of nitrogens with zero attached hydrogens (tertiary/aromatic N) is 3. The van der Waals surface area contributed by atoms with Crippen LogP contribution in [0.15, 0.2) is 0 Å². The molecule has 5 nitrogen and oxygen atoms in total. The van der Waals surface area contributed by atoms with Crippen molar-refractivity contribution in [3.63, 3.8) is 0 Å². The molecule has 2 rings (SSSR count). The summed E-state index contributed by atoms with van der Waals surface area (Å²) in [5, 5.41) is 7.14. The summed E-state index contributed by atoms with van der Waals surface area (Å²) in [5.41, 5.74) is 4.16. The highest BCUT2D eigenvalue weighted by atomic mass is 19.3. The molecule has 0 radical (unpaired) electrons. The molecule has 17 heavy (non-hydrogen) atoms. The fourth-order valence-corrected chi connectivity index (χ4v) is 2.27. The smallest absolute Gasteiger partial charge is 0.282 e. The molecule has 1 amide bonds. The number of aromatic nitrogens is 3. The van der Waals surface area contributed by atoms with Gasteiger partial charge in [0.1, 0.15) is 5.69 Å². The van der Waals surface area contributed by atoms with E-state index in [0.29, 0.717) is 0 Å². The number of halogens is 2. The first-order valence-corrected chi connectivity index (χ1v) is 5.64. The summed E-state index contributed by atoms with van der Waals surface area (Å²) < 4.78 is 27.0. The topological polar surface area (TPSA) is 73.8 Å². The molecule has 1 aliphatic rings. The maximum atomic E-state index is 12.9. The van der Waals surface area contributed by atoms with Gasteiger partial charge in [-0.25, -0.2) is 13.5 Å². The van der Waals surface area contributed by atoms with Gasteiger partial charge in [0.15, 0.2) is 5.69 Å². The summed E-state index contributed by atoms with van der Waals surface area (Å²) in [6, 6.07) is -0.0895. The van der Waals surface area contributed by atoms with Gasteiger partial charge in [0.25, 0.3) is 12.3 Å². The summed E-state index contributed by atoms with van der Waals surface area (Å²) in [4.78, 5) is 11.0. The Morgan fingerprint density at radius 2 is 2.00 bits per heavy atom. The lowest BCUT2D eigenvalue weighted by Gasteiger charge is -2.23. The van der Waals surface area contributed by atoms with E-state index in [2.05, 4.69) is 10.3 Å². The maximum absolute atomic E-state index is 12.9. The van der Waals surface area contributed by atoms with Crippen LogP contribution in [0.5, 0.6) is 0 Å². The Morgan fingerprint density at radius 3 is 2.53 bits per heavy atom. The van der Waals surface area contributed by atoms with Gasteiger partial charge in [-0.3, -0.25) is 4.79 Å². The van der Waals surface area contributed by atoms with Crippen molar-refractivity contribution in [3.8, 4) is 0 Å². The third kappa shape index (κ3) is 2.27. The molecule has 1 saturated carbocycles. The summed E-state index contributed by atoms with van der Waals surface area (Å²) >= 11 is 0. The van der Waals surface area contributed by atoms with Crippen molar-refractivity contribution in [2.24, 2.45) is 5.73 Å². The number of primary amides is 1. The highest BCUT2D eigenvalue weighted by molar-refractivity contribution is 5.91. The Kier molecular flexibility index (Phi) is 3.35. The van der Waals surface area contributed by atoms with Crippen LogP contribution in [0, 0.1) is 0 Å². The predicted octanol–water partition coefficient (Wildman–Crippen LogP) is 1.82. The Morgan fingerprint density at radius 1 is 1.35 bits per heavy atom. The normalized spacial score (nSPS) is 17.6. The minimum atomic E-state index is -2.78. The average molecular weight is 244 g/mol. The van der Waals surface area contributed by atoms with Crippen LogP contribution >= 0.6 is 0 Å². The Bertz CT molecular complexity index is 412. The quantitative estimate of drug-likeness (QED) is 0.881. The summed E-state index contributed by atoms with van der Waals surface area (Å²) in [7, 11) is 0. The molecule has 2 N–H and O–H groups in total. The van der Waals surface area contributed by atoms with E-state index in [9.17, 15) is 13.6 Å². The van der Waals surface area contributed by atoms with Crippen molar-refractivity contribution in [2.75, 3.05) is 0 Å². The second-order valence-electron chi connectivity index (χ2n) is 4.22. The van der Waals surface area contributed by atoms with Gasteiger partial charge in [-0.2, -0.15) is 0 Å². The standard InChI is InChI=1S/C10H14F2N4O/c11-9(12)8-7(10(13)17)14-15-16(8)6-4-2-1-3-5-6/h6,9H,1-5H2,(H2,13,17). The van der Waals surface area contributed by atoms with Crippen LogP contribution in [-0.4, -0.2) is 20.9 Å². The molecule has 0 aromatic carbocycles. The molecule has 1 aromatic rings. The zero-order valence-electron chi connectivity index (χ0n) is 9.27. The van der Waals surface area contributed by atoms with Crippen molar-refractivity contribution in [2.45, 2.75) is 44.6 Å². The van der Waals surface area contributed by atoms with Gasteiger partial charge in [-0.15, -0.1) is 5.10 Å². The molecule has 94 valence electrons. The number of amides is 1. The third-order valence-corrected chi connectivity index (χ3v) is 3.09. The average Bonchev–Trinajstić information content (AvgIpc) is 2.74. The number of hydrogen-bond donors (Lipinski definition) is 1. The molecular weight excluding hydrogens is 230 g/mol. The predicted molar refractivity (Wildman–Crippen MR) is 55.6 cm³/mol. The molecule has 0 aliphatic heterocycles. The zero-order valence-corrected chi connectivity index (χ0v) is 9.27. The zero-order chi connectivity index (χ0) is 12.4. The number of hydrogen-bond acceptors (Lipinski definition) is 3. The Balaban J connectivity index is 2.35. The monoisotopic (exact) mass is 244 g/mol. The number of alkyl halides is 2. The van der Waals surface area contributed by atoms with Crippen LogP contribution < -0.4 is 5.73 Å². The highest BCUT2D eigenvalue weighted by Gasteiger charge is 2.29. The van der Waals surface area contributed by atoms with Crippen molar-refractivity contribution in [3.05, 3.63) is 11.4 Å². The summed E-state index contributed by atoms with van der Waals surface area (Å²) in [6.07, 6.45) is 1.88. The number of carbonyl (C=O) groups excluding carboxylic acids is 1. The van der Waals surface area contributed by atoms with Crippen LogP contribution in [0.4, 0.5) is 8.78 Å². The molecule has 7 heteroatoms. The summed E-state index contributed by atoms with van der Waals surface area (Å²) in [6.45, 7) is 0. The van der Waals surface area contributed by atoms with E-state index in [0.717, 1.165) is 32.1 Å². The van der Waals surface area contributed by atoms with Crippen molar-refractivity contribution in [1.29, 1.82) is 0 Å². The molecule has 0 unspecified atom stereocenters. The molecule has 1 aliphatic carbocycles. The fourth-order valence-electron chi connectivity index (χ4n) is 2.27. The summed E-state index contributed by atoms with van der Waals surface area (Å²) in [5.74, 6) is -0.956. The lowest BCUT2D eigenvalue weighted by molar-refractivity contribution is 0.0974. The molecule has 0 atom stereocenters. The van der Waals surface area contributed by atoms with Gasteiger partial charge in [0.2, 0.25) is 0 Å². The van der Waals surface area contributed by atoms with Gasteiger partial charge in [0, 0.05) is 0 Å². The van der Waals surface area contributed by atoms with Crippen molar-refractivity contribution < 1.29 is 13.6 Å². The molecular formula is C10H14F2N4O. The van der Waals surface area contributed by atoms with Crippen LogP contribution in [0.25, 0.3) is 0 Å². The van der Waals surface area contributed by atoms with E-state index in [1.54, 1.807) is 0 Å². The van der Waals surface area contributed by atoms with E-state index in [1.807, 2.05) is 0 Å². The number of nitrogens with two attached hydrogens (primary N) is 1. The molecule has 0 spiro atoms. The van der Waals surface area contributed by atoms with Gasteiger partial charge in [0.05, 0.1) is 6.04 Å². The largest absolute Gasteiger partial charge is 0.364 e. The van der Waals surface area contributed by atoms with E-state index in [4.69, 9.17) is 5.73 Å². The fraction of sp³-hybridized carbons (Fsp3) is 0.700. The van der Waals surface area contributed by atoms with E-state index in [1.165, 1.54) is 4.68 Å². The molecule has 0 bridgehead atoms. The first-order chi connectivity index (χ1) is 8.11. The highest BCUT2D eigenvalue weighted by Crippen LogP contribution is 2.32. The number of carbonyl (C=O) groups is 1. The SMILES string of the molecule is NC(=O)c1nnn(C2CCCCC2)c1C(F)F. The molecule has 1 heterocycles. The first-order valence-electron chi connectivity index (χ1n) is 5.64. The maximum Gasteiger partial charge on any atom is 0.282 e. The molecule has 0 saturated heterocycles. The Hall–Kier alpha value is -1.53. The van der Waals surface area contributed by atoms with Crippen LogP contribution in [0.2, 0.25) is 0 Å². The van der Waals surface area contributed by atoms with Crippen LogP contribution in [0.1, 0.15) is 60.8 Å². The second kappa shape index (κ2) is 4.77. The van der Waals surface area contributed by atoms with Gasteiger partial charge < -0.3 is 5.73 Å². The van der Waals surface area contributed by atoms with E-state index < -0.39 is 23.7 Å². The minimum absolute atomic E-state index is 0.0895. The van der Waals surface area contributed by atoms with E-state index >= 15 is 0 Å². The van der Waals surface area contributed by atoms with E-state index in [-0.39, 0.29) is 6.04 Å². The number of rotatable bonds is 3. The van der Waals surface area contributed by atoms with Gasteiger partial charge in [-0.1, -0.05) is 24.5 Å². The van der Waals surface area contributed by atoms with Crippen LogP contribution in [0.3, 0.4) is 0 Å². The lowest BCUT2D eigenvalue weighted by Crippen LogP contribution is -2.19. The van der Waals surface area contributed by atoms with Crippen LogP contribution in [-0.2, 0) is 0 Å². The molecule has 1 fully saturated rings. The third-order valence-electron chi connectivity index (χ3n) is 3.09.